The highest BCUT2D eigenvalue weighted by molar-refractivity contribution is 4.72. The zero-order chi connectivity index (χ0) is 11.9. The van der Waals surface area contributed by atoms with E-state index in [0.29, 0.717) is 6.10 Å². The van der Waals surface area contributed by atoms with Gasteiger partial charge in [0.25, 0.3) is 0 Å². The molecular formula is C14H28N2O. The number of hydrogen-bond acceptors (Lipinski definition) is 3. The fourth-order valence-corrected chi connectivity index (χ4v) is 2.97. The molecule has 0 aromatic rings. The fraction of sp³-hybridized carbons (Fsp3) is 1.00. The topological polar surface area (TPSA) is 24.5 Å². The maximum absolute atomic E-state index is 5.99. The molecule has 2 saturated heterocycles. The Morgan fingerprint density at radius 3 is 2.76 bits per heavy atom. The number of nitrogens with zero attached hydrogens (tertiary/aromatic N) is 1. The van der Waals surface area contributed by atoms with Gasteiger partial charge in [0.05, 0.1) is 12.7 Å². The Morgan fingerprint density at radius 1 is 1.12 bits per heavy atom. The van der Waals surface area contributed by atoms with Crippen LogP contribution in [0.4, 0.5) is 0 Å². The minimum atomic E-state index is 0.513. The third-order valence-electron chi connectivity index (χ3n) is 4.21. The van der Waals surface area contributed by atoms with Gasteiger partial charge in [0.15, 0.2) is 0 Å². The summed E-state index contributed by atoms with van der Waals surface area (Å²) in [5, 5.41) is 3.38. The van der Waals surface area contributed by atoms with Crippen molar-refractivity contribution in [2.75, 3.05) is 32.8 Å². The molecule has 0 amide bonds. The summed E-state index contributed by atoms with van der Waals surface area (Å²) in [5.74, 6) is 0. The maximum Gasteiger partial charge on any atom is 0.0600 e. The highest BCUT2D eigenvalue weighted by atomic mass is 16.5. The van der Waals surface area contributed by atoms with Gasteiger partial charge >= 0.3 is 0 Å². The van der Waals surface area contributed by atoms with E-state index in [1.165, 1.54) is 45.1 Å². The van der Waals surface area contributed by atoms with Crippen LogP contribution in [0.1, 0.15) is 45.4 Å². The lowest BCUT2D eigenvalue weighted by molar-refractivity contribution is 0.0154. The zero-order valence-electron chi connectivity index (χ0n) is 11.3. The van der Waals surface area contributed by atoms with Crippen LogP contribution in [0.15, 0.2) is 0 Å². The van der Waals surface area contributed by atoms with Gasteiger partial charge in [-0.25, -0.2) is 0 Å². The van der Waals surface area contributed by atoms with E-state index in [0.717, 1.165) is 32.3 Å². The van der Waals surface area contributed by atoms with E-state index < -0.39 is 0 Å². The van der Waals surface area contributed by atoms with Crippen LogP contribution in [0.3, 0.4) is 0 Å². The van der Waals surface area contributed by atoms with E-state index in [1.54, 1.807) is 0 Å². The van der Waals surface area contributed by atoms with Crippen LogP contribution in [0, 0.1) is 0 Å². The summed E-state index contributed by atoms with van der Waals surface area (Å²) in [6, 6.07) is 0.758. The average molecular weight is 240 g/mol. The van der Waals surface area contributed by atoms with Gasteiger partial charge in [-0.3, -0.25) is 4.90 Å². The van der Waals surface area contributed by atoms with Gasteiger partial charge in [-0.05, 0) is 52.2 Å². The zero-order valence-corrected chi connectivity index (χ0v) is 11.3. The number of ether oxygens (including phenoxy) is 1. The molecule has 1 atom stereocenters. The largest absolute Gasteiger partial charge is 0.377 e. The van der Waals surface area contributed by atoms with Crippen molar-refractivity contribution >= 4 is 0 Å². The van der Waals surface area contributed by atoms with Gasteiger partial charge in [0.2, 0.25) is 0 Å². The van der Waals surface area contributed by atoms with Crippen LogP contribution < -0.4 is 5.32 Å². The summed E-state index contributed by atoms with van der Waals surface area (Å²) in [4.78, 5) is 2.62. The fourth-order valence-electron chi connectivity index (χ4n) is 2.97. The van der Waals surface area contributed by atoms with Crippen molar-refractivity contribution in [3.63, 3.8) is 0 Å². The monoisotopic (exact) mass is 240 g/mol. The molecule has 1 N–H and O–H groups in total. The van der Waals surface area contributed by atoms with Gasteiger partial charge in [-0.15, -0.1) is 0 Å². The highest BCUT2D eigenvalue weighted by Crippen LogP contribution is 2.16. The van der Waals surface area contributed by atoms with Crippen molar-refractivity contribution in [3.8, 4) is 0 Å². The second-order valence-electron chi connectivity index (χ2n) is 5.55. The minimum absolute atomic E-state index is 0.513. The molecule has 2 heterocycles. The van der Waals surface area contributed by atoms with E-state index in [-0.39, 0.29) is 0 Å². The van der Waals surface area contributed by atoms with E-state index in [2.05, 4.69) is 17.1 Å². The molecule has 2 fully saturated rings. The molecule has 0 bridgehead atoms. The smallest absolute Gasteiger partial charge is 0.0600 e. The number of likely N-dealkylation sites (tertiary alicyclic amines) is 1. The number of nitrogens with one attached hydrogen (secondary N) is 1. The summed E-state index contributed by atoms with van der Waals surface area (Å²) in [6.45, 7) is 7.96. The molecule has 100 valence electrons. The van der Waals surface area contributed by atoms with Gasteiger partial charge in [0, 0.05) is 12.6 Å². The summed E-state index contributed by atoms with van der Waals surface area (Å²) >= 11 is 0. The van der Waals surface area contributed by atoms with E-state index in [4.69, 9.17) is 4.74 Å². The van der Waals surface area contributed by atoms with Crippen LogP contribution >= 0.6 is 0 Å². The molecule has 1 unspecified atom stereocenters. The number of hydrogen-bond donors (Lipinski definition) is 1. The predicted molar refractivity (Wildman–Crippen MR) is 71.3 cm³/mol. The molecule has 3 heteroatoms. The maximum atomic E-state index is 5.99. The van der Waals surface area contributed by atoms with E-state index in [9.17, 15) is 0 Å². The Labute approximate surface area is 106 Å². The molecular weight excluding hydrogens is 212 g/mol. The second-order valence-corrected chi connectivity index (χ2v) is 5.55. The van der Waals surface area contributed by atoms with Crippen molar-refractivity contribution in [2.45, 2.75) is 57.6 Å². The highest BCUT2D eigenvalue weighted by Gasteiger charge is 2.18. The van der Waals surface area contributed by atoms with Crippen molar-refractivity contribution < 1.29 is 4.74 Å². The predicted octanol–water partition coefficient (Wildman–Crippen LogP) is 2.02. The molecule has 0 aliphatic carbocycles. The molecule has 2 rings (SSSR count). The first-order chi connectivity index (χ1) is 8.36. The first kappa shape index (κ1) is 13.3. The van der Waals surface area contributed by atoms with Gasteiger partial charge in [0.1, 0.15) is 0 Å². The van der Waals surface area contributed by atoms with Crippen LogP contribution in [-0.4, -0.2) is 49.8 Å². The standard InChI is InChI=1S/C14H28N2O/c1-13-5-3-2-4-10-16(13)11-12-17-14-6-8-15-9-7-14/h13-15H,2-12H2,1H3. The Morgan fingerprint density at radius 2 is 1.94 bits per heavy atom. The summed E-state index contributed by atoms with van der Waals surface area (Å²) in [5.41, 5.74) is 0. The lowest BCUT2D eigenvalue weighted by Gasteiger charge is -2.28. The first-order valence-corrected chi connectivity index (χ1v) is 7.42. The van der Waals surface area contributed by atoms with Crippen LogP contribution in [0.25, 0.3) is 0 Å². The van der Waals surface area contributed by atoms with Crippen LogP contribution in [0.5, 0.6) is 0 Å². The van der Waals surface area contributed by atoms with Gasteiger partial charge in [-0.2, -0.15) is 0 Å². The second kappa shape index (κ2) is 7.34. The lowest BCUT2D eigenvalue weighted by Crippen LogP contribution is -2.37. The van der Waals surface area contributed by atoms with Crippen LogP contribution in [0.2, 0.25) is 0 Å². The third-order valence-corrected chi connectivity index (χ3v) is 4.21. The van der Waals surface area contributed by atoms with Gasteiger partial charge < -0.3 is 10.1 Å². The SMILES string of the molecule is CC1CCCCCN1CCOC1CCNCC1. The normalized spacial score (nSPS) is 29.1. The summed E-state index contributed by atoms with van der Waals surface area (Å²) < 4.78 is 5.99. The van der Waals surface area contributed by atoms with Crippen molar-refractivity contribution in [2.24, 2.45) is 0 Å². The first-order valence-electron chi connectivity index (χ1n) is 7.42. The van der Waals surface area contributed by atoms with Crippen LogP contribution in [-0.2, 0) is 4.74 Å². The molecule has 0 aromatic heterocycles. The van der Waals surface area contributed by atoms with Crippen molar-refractivity contribution in [1.29, 1.82) is 0 Å². The quantitative estimate of drug-likeness (QED) is 0.813. The Balaban J connectivity index is 1.62. The number of rotatable bonds is 4. The Kier molecular flexibility index (Phi) is 5.75. The molecule has 0 spiro atoms. The lowest BCUT2D eigenvalue weighted by atomic mass is 10.1. The molecule has 0 radical (unpaired) electrons. The summed E-state index contributed by atoms with van der Waals surface area (Å²) in [7, 11) is 0. The molecule has 2 aliphatic rings. The minimum Gasteiger partial charge on any atom is -0.377 e. The third kappa shape index (κ3) is 4.57. The molecule has 0 aromatic carbocycles. The number of piperidine rings is 1. The van der Waals surface area contributed by atoms with E-state index >= 15 is 0 Å². The van der Waals surface area contributed by atoms with Crippen molar-refractivity contribution in [1.82, 2.24) is 10.2 Å². The van der Waals surface area contributed by atoms with Crippen molar-refractivity contribution in [3.05, 3.63) is 0 Å². The molecule has 2 aliphatic heterocycles. The Hall–Kier alpha value is -0.120. The molecule has 17 heavy (non-hydrogen) atoms. The Bertz CT molecular complexity index is 204. The summed E-state index contributed by atoms with van der Waals surface area (Å²) in [6.07, 6.45) is 8.46. The average Bonchev–Trinajstić information content (AvgIpc) is 2.56. The van der Waals surface area contributed by atoms with Gasteiger partial charge in [-0.1, -0.05) is 12.8 Å². The van der Waals surface area contributed by atoms with E-state index in [1.807, 2.05) is 0 Å². The molecule has 0 saturated carbocycles. The molecule has 3 nitrogen and oxygen atoms in total.